The first-order valence-electron chi connectivity index (χ1n) is 6.66. The Morgan fingerprint density at radius 2 is 1.85 bits per heavy atom. The molecule has 2 aromatic carbocycles. The van der Waals surface area contributed by atoms with E-state index in [2.05, 4.69) is 11.5 Å². The highest BCUT2D eigenvalue weighted by atomic mass is 16.6. The average molecular weight is 268 g/mol. The van der Waals surface area contributed by atoms with Gasteiger partial charge in [0.1, 0.15) is 6.61 Å². The van der Waals surface area contributed by atoms with Crippen molar-refractivity contribution in [1.29, 1.82) is 0 Å². The molecule has 102 valence electrons. The zero-order valence-electron chi connectivity index (χ0n) is 11.1. The van der Waals surface area contributed by atoms with Gasteiger partial charge in [-0.05, 0) is 23.6 Å². The Hall–Kier alpha value is -2.49. The minimum atomic E-state index is -0.425. The summed E-state index contributed by atoms with van der Waals surface area (Å²) in [7, 11) is 0. The Kier molecular flexibility index (Phi) is 3.54. The number of hydrogen-bond acceptors (Lipinski definition) is 3. The Morgan fingerprint density at radius 1 is 1.10 bits per heavy atom. The van der Waals surface area contributed by atoms with Gasteiger partial charge in [-0.1, -0.05) is 48.5 Å². The number of nitrogens with zero attached hydrogens (tertiary/aromatic N) is 1. The van der Waals surface area contributed by atoms with Crippen molar-refractivity contribution < 1.29 is 9.53 Å². The van der Waals surface area contributed by atoms with Crippen LogP contribution in [-0.2, 0) is 17.8 Å². The highest BCUT2D eigenvalue weighted by Crippen LogP contribution is 2.25. The largest absolute Gasteiger partial charge is 0.443 e. The lowest BCUT2D eigenvalue weighted by Gasteiger charge is -2.19. The molecule has 4 heteroatoms. The molecule has 20 heavy (non-hydrogen) atoms. The molecule has 0 saturated carbocycles. The van der Waals surface area contributed by atoms with Crippen molar-refractivity contribution in [3.05, 3.63) is 65.7 Å². The zero-order chi connectivity index (χ0) is 13.8. The summed E-state index contributed by atoms with van der Waals surface area (Å²) >= 11 is 0. The van der Waals surface area contributed by atoms with Gasteiger partial charge in [0, 0.05) is 6.54 Å². The lowest BCUT2D eigenvalue weighted by atomic mass is 10.2. The van der Waals surface area contributed by atoms with Crippen molar-refractivity contribution in [3.63, 3.8) is 0 Å². The highest BCUT2D eigenvalue weighted by molar-refractivity contribution is 5.71. The van der Waals surface area contributed by atoms with Crippen LogP contribution in [0.3, 0.4) is 0 Å². The van der Waals surface area contributed by atoms with E-state index in [4.69, 9.17) is 4.74 Å². The number of amides is 1. The molecule has 2 aromatic rings. The van der Waals surface area contributed by atoms with Gasteiger partial charge >= 0.3 is 6.09 Å². The molecule has 3 rings (SSSR count). The summed E-state index contributed by atoms with van der Waals surface area (Å²) in [4.78, 5) is 11.8. The molecule has 0 saturated heterocycles. The first-order chi connectivity index (χ1) is 9.83. The van der Waals surface area contributed by atoms with Crippen LogP contribution >= 0.6 is 0 Å². The van der Waals surface area contributed by atoms with Crippen LogP contribution in [0.4, 0.5) is 10.5 Å². The topological polar surface area (TPSA) is 41.6 Å². The summed E-state index contributed by atoms with van der Waals surface area (Å²) < 4.78 is 5.21. The van der Waals surface area contributed by atoms with E-state index in [1.807, 2.05) is 53.5 Å². The summed E-state index contributed by atoms with van der Waals surface area (Å²) in [6, 6.07) is 17.7. The van der Waals surface area contributed by atoms with Gasteiger partial charge in [-0.25, -0.2) is 10.2 Å². The lowest BCUT2D eigenvalue weighted by molar-refractivity contribution is 0.139. The molecule has 1 N–H and O–H groups in total. The van der Waals surface area contributed by atoms with Crippen LogP contribution in [0.1, 0.15) is 11.1 Å². The second kappa shape index (κ2) is 5.65. The SMILES string of the molecule is O=C(NN1CCc2ccccc21)OCc1ccccc1. The molecule has 1 aliphatic heterocycles. The van der Waals surface area contributed by atoms with Gasteiger partial charge in [-0.15, -0.1) is 0 Å². The Labute approximate surface area is 117 Å². The predicted molar refractivity (Wildman–Crippen MR) is 77.3 cm³/mol. The number of rotatable bonds is 3. The van der Waals surface area contributed by atoms with Gasteiger partial charge in [-0.3, -0.25) is 5.01 Å². The third-order valence-electron chi connectivity index (χ3n) is 3.33. The molecule has 4 nitrogen and oxygen atoms in total. The van der Waals surface area contributed by atoms with E-state index in [1.165, 1.54) is 5.56 Å². The summed E-state index contributed by atoms with van der Waals surface area (Å²) in [5.74, 6) is 0. The van der Waals surface area contributed by atoms with Crippen molar-refractivity contribution in [2.24, 2.45) is 0 Å². The minimum absolute atomic E-state index is 0.280. The van der Waals surface area contributed by atoms with Crippen molar-refractivity contribution in [2.75, 3.05) is 11.6 Å². The second-order valence-corrected chi connectivity index (χ2v) is 4.70. The molecule has 0 unspecified atom stereocenters. The number of para-hydroxylation sites is 1. The fourth-order valence-electron chi connectivity index (χ4n) is 2.32. The number of carbonyl (C=O) groups is 1. The maximum atomic E-state index is 11.8. The van der Waals surface area contributed by atoms with Crippen LogP contribution < -0.4 is 10.4 Å². The van der Waals surface area contributed by atoms with E-state index in [-0.39, 0.29) is 6.61 Å². The molecule has 1 amide bonds. The number of nitrogens with one attached hydrogen (secondary N) is 1. The Bertz CT molecular complexity index is 598. The number of anilines is 1. The van der Waals surface area contributed by atoms with Crippen LogP contribution in [0.15, 0.2) is 54.6 Å². The molecular formula is C16H16N2O2. The smallest absolute Gasteiger partial charge is 0.426 e. The van der Waals surface area contributed by atoms with Crippen molar-refractivity contribution in [2.45, 2.75) is 13.0 Å². The molecule has 1 heterocycles. The number of ether oxygens (including phenoxy) is 1. The van der Waals surface area contributed by atoms with E-state index in [1.54, 1.807) is 0 Å². The van der Waals surface area contributed by atoms with Crippen LogP contribution in [0.25, 0.3) is 0 Å². The predicted octanol–water partition coefficient (Wildman–Crippen LogP) is 2.89. The zero-order valence-corrected chi connectivity index (χ0v) is 11.1. The van der Waals surface area contributed by atoms with Crippen molar-refractivity contribution >= 4 is 11.8 Å². The monoisotopic (exact) mass is 268 g/mol. The van der Waals surface area contributed by atoms with Crippen LogP contribution in [-0.4, -0.2) is 12.6 Å². The van der Waals surface area contributed by atoms with Gasteiger partial charge < -0.3 is 4.74 Å². The van der Waals surface area contributed by atoms with Gasteiger partial charge in [0.2, 0.25) is 0 Å². The minimum Gasteiger partial charge on any atom is -0.443 e. The van der Waals surface area contributed by atoms with Gasteiger partial charge in [0.05, 0.1) is 5.69 Å². The van der Waals surface area contributed by atoms with Crippen molar-refractivity contribution in [3.8, 4) is 0 Å². The van der Waals surface area contributed by atoms with Gasteiger partial charge in [-0.2, -0.15) is 0 Å². The van der Waals surface area contributed by atoms with E-state index in [9.17, 15) is 4.79 Å². The maximum absolute atomic E-state index is 11.8. The standard InChI is InChI=1S/C16H16N2O2/c19-16(20-12-13-6-2-1-3-7-13)17-18-11-10-14-8-4-5-9-15(14)18/h1-9H,10-12H2,(H,17,19). The third kappa shape index (κ3) is 2.74. The Balaban J connectivity index is 1.55. The molecule has 0 fully saturated rings. The molecule has 0 aromatic heterocycles. The van der Waals surface area contributed by atoms with E-state index in [0.717, 1.165) is 24.2 Å². The number of hydrazine groups is 1. The number of carbonyl (C=O) groups excluding carboxylic acids is 1. The average Bonchev–Trinajstić information content (AvgIpc) is 2.90. The van der Waals surface area contributed by atoms with E-state index in [0.29, 0.717) is 0 Å². The number of hydrogen-bond donors (Lipinski definition) is 1. The van der Waals surface area contributed by atoms with Gasteiger partial charge in [0.25, 0.3) is 0 Å². The third-order valence-corrected chi connectivity index (χ3v) is 3.33. The van der Waals surface area contributed by atoms with Crippen LogP contribution in [0, 0.1) is 0 Å². The molecule has 0 atom stereocenters. The summed E-state index contributed by atoms with van der Waals surface area (Å²) in [6.45, 7) is 1.06. The van der Waals surface area contributed by atoms with E-state index >= 15 is 0 Å². The molecule has 0 bridgehead atoms. The molecule has 0 spiro atoms. The van der Waals surface area contributed by atoms with Crippen LogP contribution in [0.5, 0.6) is 0 Å². The van der Waals surface area contributed by atoms with E-state index < -0.39 is 6.09 Å². The first-order valence-corrected chi connectivity index (χ1v) is 6.66. The second-order valence-electron chi connectivity index (χ2n) is 4.70. The fourth-order valence-corrected chi connectivity index (χ4v) is 2.32. The number of benzene rings is 2. The van der Waals surface area contributed by atoms with Crippen molar-refractivity contribution in [1.82, 2.24) is 5.43 Å². The molecule has 0 radical (unpaired) electrons. The lowest BCUT2D eigenvalue weighted by Crippen LogP contribution is -2.41. The number of fused-ring (bicyclic) bond motifs is 1. The molecule has 1 aliphatic rings. The van der Waals surface area contributed by atoms with Gasteiger partial charge in [0.15, 0.2) is 0 Å². The fraction of sp³-hybridized carbons (Fsp3) is 0.188. The summed E-state index contributed by atoms with van der Waals surface area (Å²) in [5.41, 5.74) is 6.05. The normalized spacial score (nSPS) is 12.9. The highest BCUT2D eigenvalue weighted by Gasteiger charge is 2.20. The quantitative estimate of drug-likeness (QED) is 0.930. The maximum Gasteiger partial charge on any atom is 0.426 e. The van der Waals surface area contributed by atoms with Crippen LogP contribution in [0.2, 0.25) is 0 Å². The molecular weight excluding hydrogens is 252 g/mol. The Morgan fingerprint density at radius 3 is 2.70 bits per heavy atom. The summed E-state index contributed by atoms with van der Waals surface area (Å²) in [6.07, 6.45) is 0.514. The first kappa shape index (κ1) is 12.5. The molecule has 0 aliphatic carbocycles. The summed E-state index contributed by atoms with van der Waals surface area (Å²) in [5, 5.41) is 1.84.